The maximum absolute atomic E-state index is 12.4. The normalized spacial score (nSPS) is 15.0. The van der Waals surface area contributed by atoms with Crippen molar-refractivity contribution < 1.29 is 22.7 Å². The molecule has 0 aliphatic carbocycles. The zero-order valence-corrected chi connectivity index (χ0v) is 16.6. The Bertz CT molecular complexity index is 953. The Morgan fingerprint density at radius 1 is 1.03 bits per heavy atom. The Labute approximate surface area is 169 Å². The number of hydrogen-bond donors (Lipinski definition) is 2. The van der Waals surface area contributed by atoms with Crippen molar-refractivity contribution >= 4 is 27.5 Å². The third-order valence-corrected chi connectivity index (χ3v) is 6.17. The Morgan fingerprint density at radius 3 is 2.24 bits per heavy atom. The second-order valence-corrected chi connectivity index (χ2v) is 8.47. The zero-order valence-electron chi connectivity index (χ0n) is 15.8. The molecule has 0 atom stereocenters. The minimum absolute atomic E-state index is 0.0913. The molecule has 3 N–H and O–H groups in total. The zero-order chi connectivity index (χ0) is 20.9. The molecule has 0 radical (unpaired) electrons. The number of hydrogen-bond acceptors (Lipinski definition) is 5. The summed E-state index contributed by atoms with van der Waals surface area (Å²) in [5, 5.41) is 0. The largest absolute Gasteiger partial charge is 0.484 e. The third-order valence-electron chi connectivity index (χ3n) is 4.77. The van der Waals surface area contributed by atoms with Crippen LogP contribution < -0.4 is 15.2 Å². The van der Waals surface area contributed by atoms with Crippen molar-refractivity contribution in [1.82, 2.24) is 4.90 Å². The van der Waals surface area contributed by atoms with Gasteiger partial charge in [-0.3, -0.25) is 14.3 Å². The van der Waals surface area contributed by atoms with Crippen molar-refractivity contribution in [3.63, 3.8) is 0 Å². The molecular formula is C20H23N3O5S. The van der Waals surface area contributed by atoms with Crippen LogP contribution in [0.25, 0.3) is 0 Å². The maximum Gasteiger partial charge on any atom is 0.261 e. The molecule has 3 rings (SSSR count). The summed E-state index contributed by atoms with van der Waals surface area (Å²) < 4.78 is 32.8. The summed E-state index contributed by atoms with van der Waals surface area (Å²) in [5.74, 6) is -0.302. The van der Waals surface area contributed by atoms with E-state index in [1.165, 1.54) is 24.3 Å². The Hall–Kier alpha value is -3.07. The fourth-order valence-corrected chi connectivity index (χ4v) is 4.14. The number of likely N-dealkylation sites (tertiary alicyclic amines) is 1. The van der Waals surface area contributed by atoms with Gasteiger partial charge in [0.1, 0.15) is 5.75 Å². The molecule has 1 saturated heterocycles. The van der Waals surface area contributed by atoms with E-state index in [4.69, 9.17) is 10.5 Å². The van der Waals surface area contributed by atoms with Gasteiger partial charge >= 0.3 is 0 Å². The van der Waals surface area contributed by atoms with E-state index in [2.05, 4.69) is 4.72 Å². The first-order valence-corrected chi connectivity index (χ1v) is 10.7. The van der Waals surface area contributed by atoms with E-state index in [9.17, 15) is 18.0 Å². The second kappa shape index (κ2) is 8.95. The lowest BCUT2D eigenvalue weighted by molar-refractivity contribution is -0.136. The number of benzene rings is 2. The summed E-state index contributed by atoms with van der Waals surface area (Å²) in [6.07, 6.45) is 1.12. The molecule has 1 fully saturated rings. The number of para-hydroxylation sites is 1. The predicted octanol–water partition coefficient (Wildman–Crippen LogP) is 1.59. The summed E-state index contributed by atoms with van der Waals surface area (Å²) in [6, 6.07) is 14.4. The molecule has 2 aromatic carbocycles. The number of ether oxygens (including phenoxy) is 1. The van der Waals surface area contributed by atoms with Gasteiger partial charge in [-0.2, -0.15) is 0 Å². The second-order valence-electron chi connectivity index (χ2n) is 6.79. The Kier molecular flexibility index (Phi) is 6.38. The summed E-state index contributed by atoms with van der Waals surface area (Å²) in [4.78, 5) is 25.2. The van der Waals surface area contributed by atoms with Crippen molar-refractivity contribution in [3.8, 4) is 5.75 Å². The Balaban J connectivity index is 1.53. The van der Waals surface area contributed by atoms with Crippen LogP contribution in [0.2, 0.25) is 0 Å². The van der Waals surface area contributed by atoms with Gasteiger partial charge in [0.05, 0.1) is 4.90 Å². The van der Waals surface area contributed by atoms with Gasteiger partial charge < -0.3 is 15.4 Å². The van der Waals surface area contributed by atoms with Crippen LogP contribution in [0, 0.1) is 5.92 Å². The summed E-state index contributed by atoms with van der Waals surface area (Å²) >= 11 is 0. The van der Waals surface area contributed by atoms with Gasteiger partial charge in [0.25, 0.3) is 15.9 Å². The van der Waals surface area contributed by atoms with Crippen LogP contribution in [0.5, 0.6) is 5.75 Å². The topological polar surface area (TPSA) is 119 Å². The predicted molar refractivity (Wildman–Crippen MR) is 108 cm³/mol. The molecule has 1 aliphatic heterocycles. The molecule has 8 nitrogen and oxygen atoms in total. The molecule has 154 valence electrons. The van der Waals surface area contributed by atoms with Crippen LogP contribution in [-0.4, -0.2) is 44.8 Å². The highest BCUT2D eigenvalue weighted by Crippen LogP contribution is 2.20. The number of sulfonamides is 1. The number of rotatable bonds is 7. The SMILES string of the molecule is NC(=O)C1CCN(C(=O)COc2ccc(S(=O)(=O)Nc3ccccc3)cc2)CC1. The molecule has 9 heteroatoms. The summed E-state index contributed by atoms with van der Waals surface area (Å²) in [7, 11) is -3.71. The highest BCUT2D eigenvalue weighted by atomic mass is 32.2. The number of primary amides is 1. The monoisotopic (exact) mass is 417 g/mol. The lowest BCUT2D eigenvalue weighted by Gasteiger charge is -2.30. The van der Waals surface area contributed by atoms with Crippen LogP contribution in [-0.2, 0) is 19.6 Å². The van der Waals surface area contributed by atoms with E-state index >= 15 is 0 Å². The van der Waals surface area contributed by atoms with Crippen LogP contribution >= 0.6 is 0 Å². The van der Waals surface area contributed by atoms with E-state index in [1.54, 1.807) is 35.2 Å². The van der Waals surface area contributed by atoms with Crippen molar-refractivity contribution in [2.45, 2.75) is 17.7 Å². The van der Waals surface area contributed by atoms with Gasteiger partial charge in [-0.25, -0.2) is 8.42 Å². The van der Waals surface area contributed by atoms with Gasteiger partial charge in [-0.1, -0.05) is 18.2 Å². The number of nitrogens with two attached hydrogens (primary N) is 1. The molecule has 0 unspecified atom stereocenters. The van der Waals surface area contributed by atoms with E-state index in [0.29, 0.717) is 37.4 Å². The van der Waals surface area contributed by atoms with Crippen molar-refractivity contribution in [2.75, 3.05) is 24.4 Å². The van der Waals surface area contributed by atoms with Crippen molar-refractivity contribution in [1.29, 1.82) is 0 Å². The lowest BCUT2D eigenvalue weighted by atomic mass is 9.96. The molecule has 1 aliphatic rings. The number of nitrogens with one attached hydrogen (secondary N) is 1. The number of amides is 2. The van der Waals surface area contributed by atoms with E-state index in [0.717, 1.165) is 0 Å². The first-order chi connectivity index (χ1) is 13.8. The van der Waals surface area contributed by atoms with Gasteiger partial charge in [0, 0.05) is 24.7 Å². The number of nitrogens with zero attached hydrogens (tertiary/aromatic N) is 1. The molecular weight excluding hydrogens is 394 g/mol. The average molecular weight is 417 g/mol. The Morgan fingerprint density at radius 2 is 1.66 bits per heavy atom. The fourth-order valence-electron chi connectivity index (χ4n) is 3.09. The number of piperidine rings is 1. The van der Waals surface area contributed by atoms with Crippen molar-refractivity contribution in [3.05, 3.63) is 54.6 Å². The molecule has 0 saturated carbocycles. The molecule has 0 aromatic heterocycles. The molecule has 2 aromatic rings. The maximum atomic E-state index is 12.4. The summed E-state index contributed by atoms with van der Waals surface area (Å²) in [5.41, 5.74) is 5.77. The van der Waals surface area contributed by atoms with Gasteiger partial charge in [-0.05, 0) is 49.2 Å². The van der Waals surface area contributed by atoms with Gasteiger partial charge in [0.2, 0.25) is 5.91 Å². The highest BCUT2D eigenvalue weighted by Gasteiger charge is 2.26. The van der Waals surface area contributed by atoms with Gasteiger partial charge in [-0.15, -0.1) is 0 Å². The summed E-state index contributed by atoms with van der Waals surface area (Å²) in [6.45, 7) is 0.784. The highest BCUT2D eigenvalue weighted by molar-refractivity contribution is 7.92. The smallest absolute Gasteiger partial charge is 0.261 e. The number of anilines is 1. The first kappa shape index (κ1) is 20.7. The van der Waals surface area contributed by atoms with Crippen LogP contribution in [0.1, 0.15) is 12.8 Å². The molecule has 1 heterocycles. The molecule has 2 amide bonds. The van der Waals surface area contributed by atoms with Crippen LogP contribution in [0.15, 0.2) is 59.5 Å². The van der Waals surface area contributed by atoms with Crippen LogP contribution in [0.4, 0.5) is 5.69 Å². The van der Waals surface area contributed by atoms with E-state index in [-0.39, 0.29) is 29.2 Å². The van der Waals surface area contributed by atoms with Crippen LogP contribution in [0.3, 0.4) is 0 Å². The minimum atomic E-state index is -3.71. The molecule has 29 heavy (non-hydrogen) atoms. The average Bonchev–Trinajstić information content (AvgIpc) is 2.73. The molecule has 0 spiro atoms. The minimum Gasteiger partial charge on any atom is -0.484 e. The number of carbonyl (C=O) groups is 2. The molecule has 0 bridgehead atoms. The number of carbonyl (C=O) groups excluding carboxylic acids is 2. The third kappa shape index (κ3) is 5.47. The fraction of sp³-hybridized carbons (Fsp3) is 0.300. The van der Waals surface area contributed by atoms with Gasteiger partial charge in [0.15, 0.2) is 6.61 Å². The van der Waals surface area contributed by atoms with E-state index in [1.807, 2.05) is 0 Å². The first-order valence-electron chi connectivity index (χ1n) is 9.23. The quantitative estimate of drug-likeness (QED) is 0.709. The van der Waals surface area contributed by atoms with E-state index < -0.39 is 10.0 Å². The lowest BCUT2D eigenvalue weighted by Crippen LogP contribution is -2.43. The van der Waals surface area contributed by atoms with Crippen molar-refractivity contribution in [2.24, 2.45) is 11.7 Å². The standard InChI is InChI=1S/C20H23N3O5S/c21-20(25)15-10-12-23(13-11-15)19(24)14-28-17-6-8-18(9-7-17)29(26,27)22-16-4-2-1-3-5-16/h1-9,15,22H,10-14H2,(H2,21,25).